The highest BCUT2D eigenvalue weighted by Gasteiger charge is 2.40. The summed E-state index contributed by atoms with van der Waals surface area (Å²) in [6, 6.07) is 6.23. The van der Waals surface area contributed by atoms with Crippen LogP contribution >= 0.6 is 0 Å². The van der Waals surface area contributed by atoms with E-state index >= 15 is 0 Å². The molecule has 2 fully saturated rings. The summed E-state index contributed by atoms with van der Waals surface area (Å²) in [4.78, 5) is 39.9. The lowest BCUT2D eigenvalue weighted by atomic mass is 9.76. The summed E-state index contributed by atoms with van der Waals surface area (Å²) in [6.07, 6.45) is 8.39. The third-order valence-electron chi connectivity index (χ3n) is 8.65. The van der Waals surface area contributed by atoms with E-state index in [9.17, 15) is 14.0 Å². The molecule has 5 rings (SSSR count). The van der Waals surface area contributed by atoms with E-state index in [4.69, 9.17) is 15.7 Å². The number of likely N-dealkylation sites (tertiary alicyclic amines) is 1. The highest BCUT2D eigenvalue weighted by Crippen LogP contribution is 2.40. The van der Waals surface area contributed by atoms with Crippen LogP contribution in [0.25, 0.3) is 0 Å². The summed E-state index contributed by atoms with van der Waals surface area (Å²) in [7, 11) is 1.73. The molecule has 2 aromatic rings. The van der Waals surface area contributed by atoms with Crippen molar-refractivity contribution in [2.45, 2.75) is 76.8 Å². The van der Waals surface area contributed by atoms with Crippen LogP contribution in [0.3, 0.4) is 0 Å². The minimum atomic E-state index is -0.528. The number of fused-ring (bicyclic) bond motifs is 1. The van der Waals surface area contributed by atoms with Crippen LogP contribution in [0, 0.1) is 24.6 Å². The Hall–Kier alpha value is -3.07. The van der Waals surface area contributed by atoms with Gasteiger partial charge < -0.3 is 20.9 Å². The van der Waals surface area contributed by atoms with Crippen molar-refractivity contribution in [3.63, 3.8) is 0 Å². The van der Waals surface area contributed by atoms with Crippen molar-refractivity contribution in [3.05, 3.63) is 47.2 Å². The lowest BCUT2D eigenvalue weighted by Crippen LogP contribution is -2.46. The largest absolute Gasteiger partial charge is 0.368 e. The number of anilines is 2. The molecule has 3 N–H and O–H groups in total. The number of halogens is 1. The maximum atomic E-state index is 14.2. The summed E-state index contributed by atoms with van der Waals surface area (Å²) in [6.45, 7) is 3.28. The molecular weight excluding hydrogens is 483 g/mol. The first-order valence-electron chi connectivity index (χ1n) is 14.0. The second kappa shape index (κ2) is 11.4. The minimum absolute atomic E-state index is 0.112. The number of rotatable bonds is 8. The van der Waals surface area contributed by atoms with Crippen LogP contribution in [0.15, 0.2) is 24.3 Å². The Morgan fingerprint density at radius 3 is 2.63 bits per heavy atom. The van der Waals surface area contributed by atoms with Gasteiger partial charge in [-0.1, -0.05) is 19.3 Å². The molecule has 0 bridgehead atoms. The number of carbonyl (C=O) groups excluding carboxylic acids is 2. The zero-order valence-electron chi connectivity index (χ0n) is 22.5. The fraction of sp³-hybridized carbons (Fsp3) is 0.586. The van der Waals surface area contributed by atoms with E-state index < -0.39 is 11.9 Å². The average Bonchev–Trinajstić information content (AvgIpc) is 3.56. The second-order valence-electron chi connectivity index (χ2n) is 11.0. The van der Waals surface area contributed by atoms with Crippen molar-refractivity contribution >= 4 is 23.3 Å². The van der Waals surface area contributed by atoms with Crippen LogP contribution in [0.4, 0.5) is 15.9 Å². The molecule has 3 atom stereocenters. The standard InChI is InChI=1S/C29H39FN6O2/c1-18-33-23(17-27(34-18)35-14-12-20-15-21(30)10-11-25(20)35)26-9-6-13-36(26)29(38)22(16-24(32-2)28(31)37)19-7-4-3-5-8-19/h10-11,15,17,19,22,24,26,32H,3-9,12-14,16H2,1-2H3,(H2,31,37). The zero-order valence-corrected chi connectivity index (χ0v) is 22.5. The number of nitrogens with zero attached hydrogens (tertiary/aromatic N) is 4. The number of nitrogens with one attached hydrogen (secondary N) is 1. The van der Waals surface area contributed by atoms with Gasteiger partial charge in [0.2, 0.25) is 11.8 Å². The van der Waals surface area contributed by atoms with Gasteiger partial charge in [0.1, 0.15) is 17.5 Å². The van der Waals surface area contributed by atoms with Crippen LogP contribution in [-0.4, -0.2) is 52.9 Å². The number of benzene rings is 1. The number of carbonyl (C=O) groups is 2. The molecule has 1 saturated heterocycles. The smallest absolute Gasteiger partial charge is 0.234 e. The number of likely N-dealkylation sites (N-methyl/N-ethyl adjacent to an activating group) is 1. The van der Waals surface area contributed by atoms with Crippen molar-refractivity contribution in [2.24, 2.45) is 17.6 Å². The predicted octanol–water partition coefficient (Wildman–Crippen LogP) is 3.94. The van der Waals surface area contributed by atoms with E-state index in [-0.39, 0.29) is 29.6 Å². The molecule has 3 unspecified atom stereocenters. The van der Waals surface area contributed by atoms with Crippen molar-refractivity contribution in [2.75, 3.05) is 25.0 Å². The van der Waals surface area contributed by atoms with Crippen molar-refractivity contribution < 1.29 is 14.0 Å². The molecular formula is C29H39FN6O2. The molecule has 204 valence electrons. The quantitative estimate of drug-likeness (QED) is 0.544. The SMILES string of the molecule is CNC(CC(C(=O)N1CCCC1c1cc(N2CCc3cc(F)ccc32)nc(C)n1)C1CCCCC1)C(N)=O. The number of amides is 2. The predicted molar refractivity (Wildman–Crippen MR) is 144 cm³/mol. The summed E-state index contributed by atoms with van der Waals surface area (Å²) in [5.74, 6) is 0.918. The van der Waals surface area contributed by atoms with E-state index in [0.717, 1.165) is 74.3 Å². The number of hydrogen-bond acceptors (Lipinski definition) is 6. The van der Waals surface area contributed by atoms with E-state index in [0.29, 0.717) is 18.8 Å². The Kier molecular flexibility index (Phi) is 7.93. The first-order chi connectivity index (χ1) is 18.4. The molecule has 1 aromatic carbocycles. The van der Waals surface area contributed by atoms with E-state index in [1.165, 1.54) is 12.5 Å². The molecule has 0 spiro atoms. The summed E-state index contributed by atoms with van der Waals surface area (Å²) < 4.78 is 13.8. The van der Waals surface area contributed by atoms with Gasteiger partial charge in [-0.2, -0.15) is 0 Å². The Morgan fingerprint density at radius 1 is 1.11 bits per heavy atom. The van der Waals surface area contributed by atoms with Crippen molar-refractivity contribution in [1.82, 2.24) is 20.2 Å². The number of hydrogen-bond donors (Lipinski definition) is 2. The fourth-order valence-electron chi connectivity index (χ4n) is 6.70. The maximum Gasteiger partial charge on any atom is 0.234 e. The maximum absolute atomic E-state index is 14.2. The Balaban J connectivity index is 1.42. The average molecular weight is 523 g/mol. The van der Waals surface area contributed by atoms with E-state index in [2.05, 4.69) is 10.2 Å². The molecule has 3 heterocycles. The fourth-order valence-corrected chi connectivity index (χ4v) is 6.70. The van der Waals surface area contributed by atoms with Crippen LogP contribution in [-0.2, 0) is 16.0 Å². The van der Waals surface area contributed by atoms with Crippen LogP contribution in [0.5, 0.6) is 0 Å². The molecule has 1 aliphatic carbocycles. The topological polar surface area (TPSA) is 104 Å². The normalized spacial score (nSPS) is 21.4. The van der Waals surface area contributed by atoms with Crippen LogP contribution < -0.4 is 16.0 Å². The van der Waals surface area contributed by atoms with Gasteiger partial charge in [-0.25, -0.2) is 14.4 Å². The van der Waals surface area contributed by atoms with E-state index in [1.807, 2.05) is 24.0 Å². The number of aryl methyl sites for hydroxylation is 1. The van der Waals surface area contributed by atoms with Crippen molar-refractivity contribution in [1.29, 1.82) is 0 Å². The second-order valence-corrected chi connectivity index (χ2v) is 11.0. The van der Waals surface area contributed by atoms with Gasteiger partial charge in [0.15, 0.2) is 0 Å². The highest BCUT2D eigenvalue weighted by atomic mass is 19.1. The Labute approximate surface area is 224 Å². The highest BCUT2D eigenvalue weighted by molar-refractivity contribution is 5.83. The van der Waals surface area contributed by atoms with Crippen LogP contribution in [0.1, 0.15) is 74.5 Å². The van der Waals surface area contributed by atoms with Crippen molar-refractivity contribution in [3.8, 4) is 0 Å². The lowest BCUT2D eigenvalue weighted by Gasteiger charge is -2.36. The van der Waals surface area contributed by atoms with Gasteiger partial charge in [0.25, 0.3) is 0 Å². The molecule has 3 aliphatic rings. The Morgan fingerprint density at radius 2 is 1.89 bits per heavy atom. The molecule has 9 heteroatoms. The van der Waals surface area contributed by atoms with Gasteiger partial charge in [-0.15, -0.1) is 0 Å². The molecule has 0 radical (unpaired) electrons. The number of nitrogens with two attached hydrogens (primary N) is 1. The summed E-state index contributed by atoms with van der Waals surface area (Å²) in [5, 5.41) is 3.02. The molecule has 38 heavy (non-hydrogen) atoms. The first kappa shape index (κ1) is 26.5. The zero-order chi connectivity index (χ0) is 26.8. The van der Waals surface area contributed by atoms with E-state index in [1.54, 1.807) is 13.1 Å². The number of aromatic nitrogens is 2. The lowest BCUT2D eigenvalue weighted by molar-refractivity contribution is -0.139. The molecule has 1 saturated carbocycles. The molecule has 1 aromatic heterocycles. The molecule has 2 aliphatic heterocycles. The van der Waals surface area contributed by atoms with Gasteiger partial charge >= 0.3 is 0 Å². The minimum Gasteiger partial charge on any atom is -0.368 e. The third kappa shape index (κ3) is 5.39. The third-order valence-corrected chi connectivity index (χ3v) is 8.65. The van der Waals surface area contributed by atoms with Gasteiger partial charge in [-0.3, -0.25) is 9.59 Å². The summed E-state index contributed by atoms with van der Waals surface area (Å²) in [5.41, 5.74) is 8.45. The van der Waals surface area contributed by atoms with Crippen LogP contribution in [0.2, 0.25) is 0 Å². The monoisotopic (exact) mass is 522 g/mol. The van der Waals surface area contributed by atoms with Gasteiger partial charge in [0.05, 0.1) is 17.8 Å². The summed E-state index contributed by atoms with van der Waals surface area (Å²) >= 11 is 0. The van der Waals surface area contributed by atoms with Gasteiger partial charge in [0, 0.05) is 30.8 Å². The first-order valence-corrected chi connectivity index (χ1v) is 14.0. The molecule has 2 amide bonds. The molecule has 8 nitrogen and oxygen atoms in total. The van der Waals surface area contributed by atoms with Gasteiger partial charge in [-0.05, 0) is 82.2 Å². The Bertz CT molecular complexity index is 1180. The number of primary amides is 1.